The summed E-state index contributed by atoms with van der Waals surface area (Å²) in [6.45, 7) is 2.15. The van der Waals surface area contributed by atoms with Crippen molar-refractivity contribution in [1.82, 2.24) is 15.3 Å². The van der Waals surface area contributed by atoms with Gasteiger partial charge in [-0.2, -0.15) is 0 Å². The van der Waals surface area contributed by atoms with Crippen molar-refractivity contribution in [2.45, 2.75) is 18.8 Å². The third-order valence-corrected chi connectivity index (χ3v) is 5.51. The molecule has 5 heteroatoms. The second-order valence-electron chi connectivity index (χ2n) is 7.45. The molecule has 0 aliphatic carbocycles. The fourth-order valence-corrected chi connectivity index (χ4v) is 3.97. The summed E-state index contributed by atoms with van der Waals surface area (Å²) >= 11 is 0. The van der Waals surface area contributed by atoms with Gasteiger partial charge in [-0.1, -0.05) is 60.7 Å². The minimum atomic E-state index is -0.0419. The first-order valence-corrected chi connectivity index (χ1v) is 10.2. The SMILES string of the molecule is O=C(NCC(c1ccccc1)c1ccccc1)C1CCCN(c2ncccn2)C1. The van der Waals surface area contributed by atoms with Crippen molar-refractivity contribution in [3.63, 3.8) is 0 Å². The number of piperidine rings is 1. The minimum absolute atomic E-state index is 0.0419. The Morgan fingerprint density at radius 1 is 0.966 bits per heavy atom. The highest BCUT2D eigenvalue weighted by molar-refractivity contribution is 5.79. The van der Waals surface area contributed by atoms with E-state index < -0.39 is 0 Å². The van der Waals surface area contributed by atoms with Crippen LogP contribution in [0.2, 0.25) is 0 Å². The number of hydrogen-bond acceptors (Lipinski definition) is 4. The Labute approximate surface area is 171 Å². The van der Waals surface area contributed by atoms with Gasteiger partial charge < -0.3 is 10.2 Å². The van der Waals surface area contributed by atoms with Crippen LogP contribution in [-0.4, -0.2) is 35.5 Å². The molecule has 148 valence electrons. The third-order valence-electron chi connectivity index (χ3n) is 5.51. The summed E-state index contributed by atoms with van der Waals surface area (Å²) in [5.41, 5.74) is 2.42. The molecule has 1 saturated heterocycles. The number of hydrogen-bond donors (Lipinski definition) is 1. The zero-order chi connectivity index (χ0) is 19.9. The second-order valence-corrected chi connectivity index (χ2v) is 7.45. The summed E-state index contributed by atoms with van der Waals surface area (Å²) < 4.78 is 0. The Morgan fingerprint density at radius 2 is 1.59 bits per heavy atom. The first-order valence-electron chi connectivity index (χ1n) is 10.2. The van der Waals surface area contributed by atoms with Crippen molar-refractivity contribution in [2.75, 3.05) is 24.5 Å². The number of nitrogens with one attached hydrogen (secondary N) is 1. The highest BCUT2D eigenvalue weighted by Gasteiger charge is 2.27. The van der Waals surface area contributed by atoms with E-state index in [9.17, 15) is 4.79 Å². The van der Waals surface area contributed by atoms with Crippen molar-refractivity contribution in [3.05, 3.63) is 90.3 Å². The molecule has 1 N–H and O–H groups in total. The number of rotatable bonds is 6. The van der Waals surface area contributed by atoms with Crippen LogP contribution in [0, 0.1) is 5.92 Å². The van der Waals surface area contributed by atoms with E-state index in [4.69, 9.17) is 0 Å². The average molecular weight is 386 g/mol. The van der Waals surface area contributed by atoms with Gasteiger partial charge in [-0.05, 0) is 30.0 Å². The van der Waals surface area contributed by atoms with Gasteiger partial charge in [0.25, 0.3) is 0 Å². The maximum absolute atomic E-state index is 13.0. The molecule has 0 bridgehead atoms. The quantitative estimate of drug-likeness (QED) is 0.703. The van der Waals surface area contributed by atoms with Gasteiger partial charge in [-0.25, -0.2) is 9.97 Å². The lowest BCUT2D eigenvalue weighted by molar-refractivity contribution is -0.125. The van der Waals surface area contributed by atoms with Gasteiger partial charge >= 0.3 is 0 Å². The Balaban J connectivity index is 1.43. The molecule has 5 nitrogen and oxygen atoms in total. The van der Waals surface area contributed by atoms with Crippen LogP contribution in [0.4, 0.5) is 5.95 Å². The normalized spacial score (nSPS) is 16.6. The van der Waals surface area contributed by atoms with Gasteiger partial charge in [0.1, 0.15) is 0 Å². The van der Waals surface area contributed by atoms with E-state index in [0.29, 0.717) is 19.0 Å². The van der Waals surface area contributed by atoms with E-state index >= 15 is 0 Å². The summed E-state index contributed by atoms with van der Waals surface area (Å²) in [5.74, 6) is 0.914. The molecule has 0 spiro atoms. The van der Waals surface area contributed by atoms with Gasteiger partial charge in [0.2, 0.25) is 11.9 Å². The van der Waals surface area contributed by atoms with E-state index in [-0.39, 0.29) is 17.7 Å². The fraction of sp³-hybridized carbons (Fsp3) is 0.292. The van der Waals surface area contributed by atoms with Crippen molar-refractivity contribution in [3.8, 4) is 0 Å². The van der Waals surface area contributed by atoms with Gasteiger partial charge in [-0.15, -0.1) is 0 Å². The number of anilines is 1. The molecule has 1 fully saturated rings. The zero-order valence-electron chi connectivity index (χ0n) is 16.4. The largest absolute Gasteiger partial charge is 0.355 e. The van der Waals surface area contributed by atoms with E-state index in [1.165, 1.54) is 11.1 Å². The van der Waals surface area contributed by atoms with E-state index in [1.807, 2.05) is 42.5 Å². The second kappa shape index (κ2) is 9.32. The Morgan fingerprint density at radius 3 is 2.21 bits per heavy atom. The molecule has 0 radical (unpaired) electrons. The van der Waals surface area contributed by atoms with Crippen LogP contribution >= 0.6 is 0 Å². The van der Waals surface area contributed by atoms with Crippen molar-refractivity contribution < 1.29 is 4.79 Å². The molecule has 1 aromatic heterocycles. The van der Waals surface area contributed by atoms with E-state index in [1.54, 1.807) is 12.4 Å². The van der Waals surface area contributed by atoms with Gasteiger partial charge in [-0.3, -0.25) is 4.79 Å². The maximum Gasteiger partial charge on any atom is 0.225 e. The smallest absolute Gasteiger partial charge is 0.225 e. The highest BCUT2D eigenvalue weighted by atomic mass is 16.1. The van der Waals surface area contributed by atoms with Crippen LogP contribution < -0.4 is 10.2 Å². The fourth-order valence-electron chi connectivity index (χ4n) is 3.97. The lowest BCUT2D eigenvalue weighted by Crippen LogP contribution is -2.44. The molecule has 1 amide bonds. The van der Waals surface area contributed by atoms with Gasteiger partial charge in [0.15, 0.2) is 0 Å². The minimum Gasteiger partial charge on any atom is -0.355 e. The lowest BCUT2D eigenvalue weighted by atomic mass is 9.90. The van der Waals surface area contributed by atoms with Crippen LogP contribution in [0.1, 0.15) is 29.9 Å². The Kier molecular flexibility index (Phi) is 6.15. The zero-order valence-corrected chi connectivity index (χ0v) is 16.4. The lowest BCUT2D eigenvalue weighted by Gasteiger charge is -2.32. The molecule has 0 saturated carbocycles. The van der Waals surface area contributed by atoms with Crippen LogP contribution in [0.3, 0.4) is 0 Å². The number of carbonyl (C=O) groups excluding carboxylic acids is 1. The number of benzene rings is 2. The van der Waals surface area contributed by atoms with Crippen molar-refractivity contribution in [1.29, 1.82) is 0 Å². The number of nitrogens with zero attached hydrogens (tertiary/aromatic N) is 3. The predicted octanol–water partition coefficient (Wildman–Crippen LogP) is 3.64. The molecule has 1 unspecified atom stereocenters. The molecule has 3 aromatic rings. The Bertz CT molecular complexity index is 862. The molecule has 4 rings (SSSR count). The summed E-state index contributed by atoms with van der Waals surface area (Å²) in [5, 5.41) is 3.22. The number of amides is 1. The Hall–Kier alpha value is -3.21. The molecule has 1 aliphatic heterocycles. The molecule has 1 atom stereocenters. The van der Waals surface area contributed by atoms with Crippen molar-refractivity contribution in [2.24, 2.45) is 5.92 Å². The third kappa shape index (κ3) is 4.80. The van der Waals surface area contributed by atoms with Crippen LogP contribution in [0.5, 0.6) is 0 Å². The molecule has 2 heterocycles. The first-order chi connectivity index (χ1) is 14.3. The maximum atomic E-state index is 13.0. The molecular weight excluding hydrogens is 360 g/mol. The summed E-state index contributed by atoms with van der Waals surface area (Å²) in [6.07, 6.45) is 5.36. The van der Waals surface area contributed by atoms with Crippen LogP contribution in [0.15, 0.2) is 79.1 Å². The molecule has 2 aromatic carbocycles. The number of aromatic nitrogens is 2. The monoisotopic (exact) mass is 386 g/mol. The van der Waals surface area contributed by atoms with Gasteiger partial charge in [0, 0.05) is 37.9 Å². The molecule has 1 aliphatic rings. The van der Waals surface area contributed by atoms with Gasteiger partial charge in [0.05, 0.1) is 5.92 Å². The van der Waals surface area contributed by atoms with Crippen LogP contribution in [0.25, 0.3) is 0 Å². The van der Waals surface area contributed by atoms with Crippen molar-refractivity contribution >= 4 is 11.9 Å². The predicted molar refractivity (Wildman–Crippen MR) is 115 cm³/mol. The number of carbonyl (C=O) groups is 1. The first kappa shape index (κ1) is 19.1. The molecular formula is C24H26N4O. The van der Waals surface area contributed by atoms with E-state index in [0.717, 1.165) is 19.4 Å². The highest BCUT2D eigenvalue weighted by Crippen LogP contribution is 2.25. The summed E-state index contributed by atoms with van der Waals surface area (Å²) in [4.78, 5) is 23.7. The topological polar surface area (TPSA) is 58.1 Å². The average Bonchev–Trinajstić information content (AvgIpc) is 2.81. The van der Waals surface area contributed by atoms with E-state index in [2.05, 4.69) is 44.5 Å². The summed E-state index contributed by atoms with van der Waals surface area (Å²) in [6, 6.07) is 22.5. The van der Waals surface area contributed by atoms with Crippen LogP contribution in [-0.2, 0) is 4.79 Å². The standard InChI is InChI=1S/C24H26N4O/c29-23(21-13-7-16-28(18-21)24-25-14-8-15-26-24)27-17-22(19-9-3-1-4-10-19)20-11-5-2-6-12-20/h1-6,8-12,14-15,21-22H,7,13,16-18H2,(H,27,29). The summed E-state index contributed by atoms with van der Waals surface area (Å²) in [7, 11) is 0. The molecule has 29 heavy (non-hydrogen) atoms.